The highest BCUT2D eigenvalue weighted by molar-refractivity contribution is 7.98. The molecule has 1 aromatic rings. The highest BCUT2D eigenvalue weighted by Gasteiger charge is 2.09. The molecule has 0 fully saturated rings. The Labute approximate surface area is 131 Å². The molecule has 4 nitrogen and oxygen atoms in total. The van der Waals surface area contributed by atoms with Gasteiger partial charge in [-0.1, -0.05) is 19.1 Å². The summed E-state index contributed by atoms with van der Waals surface area (Å²) in [4.78, 5) is 11.9. The molecule has 0 unspecified atom stereocenters. The Kier molecular flexibility index (Phi) is 7.61. The van der Waals surface area contributed by atoms with Crippen molar-refractivity contribution in [3.8, 4) is 0 Å². The zero-order valence-electron chi connectivity index (χ0n) is 13.2. The van der Waals surface area contributed by atoms with Crippen LogP contribution in [-0.2, 0) is 0 Å². The van der Waals surface area contributed by atoms with Gasteiger partial charge in [0.1, 0.15) is 0 Å². The third-order valence-corrected chi connectivity index (χ3v) is 4.30. The van der Waals surface area contributed by atoms with Gasteiger partial charge in [0.2, 0.25) is 0 Å². The van der Waals surface area contributed by atoms with Crippen LogP contribution in [0.3, 0.4) is 0 Å². The van der Waals surface area contributed by atoms with E-state index in [2.05, 4.69) is 29.9 Å². The second-order valence-corrected chi connectivity index (χ2v) is 6.71. The van der Waals surface area contributed by atoms with Crippen molar-refractivity contribution < 1.29 is 9.90 Å². The van der Waals surface area contributed by atoms with E-state index in [1.807, 2.05) is 25.1 Å². The van der Waals surface area contributed by atoms with Gasteiger partial charge in [-0.05, 0) is 50.1 Å². The van der Waals surface area contributed by atoms with Crippen LogP contribution >= 0.6 is 11.8 Å². The topological polar surface area (TPSA) is 61.4 Å². The van der Waals surface area contributed by atoms with E-state index in [0.717, 1.165) is 5.69 Å². The number of thioether (sulfide) groups is 1. The van der Waals surface area contributed by atoms with Gasteiger partial charge in [-0.3, -0.25) is 0 Å². The van der Waals surface area contributed by atoms with Gasteiger partial charge in [-0.2, -0.15) is 11.8 Å². The minimum absolute atomic E-state index is 0.207. The molecule has 1 rings (SSSR count). The summed E-state index contributed by atoms with van der Waals surface area (Å²) in [5, 5.41) is 15.4. The molecule has 2 amide bonds. The molecule has 0 saturated heterocycles. The number of hydrogen-bond donors (Lipinski definition) is 3. The molecule has 118 valence electrons. The van der Waals surface area contributed by atoms with Gasteiger partial charge in [0, 0.05) is 17.5 Å². The minimum atomic E-state index is -0.338. The number of benzene rings is 1. The zero-order chi connectivity index (χ0) is 15.8. The fraction of sp³-hybridized carbons (Fsp3) is 0.562. The van der Waals surface area contributed by atoms with Gasteiger partial charge in [-0.15, -0.1) is 0 Å². The Morgan fingerprint density at radius 2 is 2.05 bits per heavy atom. The number of amides is 2. The van der Waals surface area contributed by atoms with Crippen LogP contribution in [0, 0.1) is 5.92 Å². The lowest BCUT2D eigenvalue weighted by molar-refractivity contribution is 0.163. The molecule has 3 N–H and O–H groups in total. The smallest absolute Gasteiger partial charge is 0.319 e. The Morgan fingerprint density at radius 1 is 1.33 bits per heavy atom. The maximum Gasteiger partial charge on any atom is 0.319 e. The van der Waals surface area contributed by atoms with E-state index in [0.29, 0.717) is 18.2 Å². The van der Waals surface area contributed by atoms with Gasteiger partial charge < -0.3 is 15.7 Å². The molecular weight excluding hydrogens is 284 g/mol. The van der Waals surface area contributed by atoms with Gasteiger partial charge >= 0.3 is 6.03 Å². The summed E-state index contributed by atoms with van der Waals surface area (Å²) in [5.74, 6) is 0.249. The van der Waals surface area contributed by atoms with Crippen molar-refractivity contribution in [2.75, 3.05) is 18.1 Å². The number of aliphatic hydroxyl groups is 1. The van der Waals surface area contributed by atoms with Crippen LogP contribution in [0.5, 0.6) is 0 Å². The van der Waals surface area contributed by atoms with Crippen molar-refractivity contribution in [2.24, 2.45) is 5.92 Å². The second kappa shape index (κ2) is 8.95. The summed E-state index contributed by atoms with van der Waals surface area (Å²) in [5.41, 5.74) is 2.00. The monoisotopic (exact) mass is 310 g/mol. The Balaban J connectivity index is 2.48. The number of nitrogens with one attached hydrogen (secondary N) is 2. The quantitative estimate of drug-likeness (QED) is 0.720. The van der Waals surface area contributed by atoms with Crippen molar-refractivity contribution in [1.29, 1.82) is 0 Å². The lowest BCUT2D eigenvalue weighted by atomic mass is 10.1. The fourth-order valence-corrected chi connectivity index (χ4v) is 2.53. The number of aliphatic hydroxyl groups excluding tert-OH is 1. The molecule has 0 bridgehead atoms. The SMILES string of the molecule is CS[C@H](C)c1cccc(NC(=O)NC[C@H](C)C[C@H](C)O)c1. The highest BCUT2D eigenvalue weighted by Crippen LogP contribution is 2.27. The number of urea groups is 1. The first-order valence-corrected chi connectivity index (χ1v) is 8.56. The number of anilines is 1. The van der Waals surface area contributed by atoms with Crippen LogP contribution in [0.25, 0.3) is 0 Å². The first-order valence-electron chi connectivity index (χ1n) is 7.28. The van der Waals surface area contributed by atoms with Gasteiger partial charge in [-0.25, -0.2) is 4.79 Å². The van der Waals surface area contributed by atoms with E-state index < -0.39 is 0 Å². The van der Waals surface area contributed by atoms with Crippen LogP contribution in [0.2, 0.25) is 0 Å². The summed E-state index contributed by atoms with van der Waals surface area (Å²) in [7, 11) is 0. The molecule has 0 aromatic heterocycles. The largest absolute Gasteiger partial charge is 0.393 e. The zero-order valence-corrected chi connectivity index (χ0v) is 14.0. The molecule has 3 atom stereocenters. The van der Waals surface area contributed by atoms with Gasteiger partial charge in [0.15, 0.2) is 0 Å². The number of rotatable bonds is 7. The molecule has 0 radical (unpaired) electrons. The maximum atomic E-state index is 11.9. The lowest BCUT2D eigenvalue weighted by Gasteiger charge is -2.15. The van der Waals surface area contributed by atoms with Crippen LogP contribution in [0.1, 0.15) is 38.0 Å². The van der Waals surface area contributed by atoms with Crippen molar-refractivity contribution in [3.05, 3.63) is 29.8 Å². The average Bonchev–Trinajstić information content (AvgIpc) is 2.44. The first kappa shape index (κ1) is 17.9. The standard InChI is InChI=1S/C16H26N2O2S/c1-11(8-12(2)19)10-17-16(20)18-15-7-5-6-14(9-15)13(3)21-4/h5-7,9,11-13,19H,8,10H2,1-4H3,(H2,17,18,20)/t11-,12+,13-/m1/s1. The third-order valence-electron chi connectivity index (χ3n) is 3.32. The van der Waals surface area contributed by atoms with Crippen LogP contribution < -0.4 is 10.6 Å². The number of carbonyl (C=O) groups is 1. The number of hydrogen-bond acceptors (Lipinski definition) is 3. The van der Waals surface area contributed by atoms with Crippen LogP contribution in [-0.4, -0.2) is 30.0 Å². The maximum absolute atomic E-state index is 11.9. The third kappa shape index (κ3) is 6.87. The number of carbonyl (C=O) groups excluding carboxylic acids is 1. The minimum Gasteiger partial charge on any atom is -0.393 e. The summed E-state index contributed by atoms with van der Waals surface area (Å²) in [6, 6.07) is 7.69. The Bertz CT molecular complexity index is 452. The first-order chi connectivity index (χ1) is 9.92. The van der Waals surface area contributed by atoms with Crippen molar-refractivity contribution in [1.82, 2.24) is 5.32 Å². The van der Waals surface area contributed by atoms with E-state index >= 15 is 0 Å². The normalized spacial score (nSPS) is 15.1. The molecule has 0 heterocycles. The van der Waals surface area contributed by atoms with Crippen molar-refractivity contribution in [3.63, 3.8) is 0 Å². The summed E-state index contributed by atoms with van der Waals surface area (Å²) < 4.78 is 0. The molecule has 0 aliphatic heterocycles. The van der Waals surface area contributed by atoms with Gasteiger partial charge in [0.25, 0.3) is 0 Å². The molecule has 1 aromatic carbocycles. The average molecular weight is 310 g/mol. The fourth-order valence-electron chi connectivity index (χ4n) is 2.11. The van der Waals surface area contributed by atoms with E-state index in [-0.39, 0.29) is 18.1 Å². The Hall–Kier alpha value is -1.20. The Morgan fingerprint density at radius 3 is 2.67 bits per heavy atom. The molecular formula is C16H26N2O2S. The second-order valence-electron chi connectivity index (χ2n) is 5.53. The predicted octanol–water partition coefficient (Wildman–Crippen LogP) is 3.64. The molecule has 0 saturated carbocycles. The van der Waals surface area contributed by atoms with Crippen LogP contribution in [0.15, 0.2) is 24.3 Å². The highest BCUT2D eigenvalue weighted by atomic mass is 32.2. The molecule has 5 heteroatoms. The summed E-state index contributed by atoms with van der Waals surface area (Å²) in [6.45, 7) is 6.46. The van der Waals surface area contributed by atoms with Crippen LogP contribution in [0.4, 0.5) is 10.5 Å². The molecule has 0 spiro atoms. The predicted molar refractivity (Wildman–Crippen MR) is 90.9 cm³/mol. The van der Waals surface area contributed by atoms with E-state index in [1.165, 1.54) is 5.56 Å². The molecule has 0 aliphatic carbocycles. The summed E-state index contributed by atoms with van der Waals surface area (Å²) in [6.07, 6.45) is 2.41. The lowest BCUT2D eigenvalue weighted by Crippen LogP contribution is -2.33. The van der Waals surface area contributed by atoms with E-state index in [4.69, 9.17) is 0 Å². The molecule has 0 aliphatic rings. The van der Waals surface area contributed by atoms with Gasteiger partial charge in [0.05, 0.1) is 6.10 Å². The van der Waals surface area contributed by atoms with E-state index in [9.17, 15) is 9.90 Å². The van der Waals surface area contributed by atoms with Crippen molar-refractivity contribution >= 4 is 23.5 Å². The van der Waals surface area contributed by atoms with Crippen molar-refractivity contribution in [2.45, 2.75) is 38.5 Å². The molecule has 21 heavy (non-hydrogen) atoms. The van der Waals surface area contributed by atoms with E-state index in [1.54, 1.807) is 18.7 Å². The summed E-state index contributed by atoms with van der Waals surface area (Å²) >= 11 is 1.77.